The van der Waals surface area contributed by atoms with Gasteiger partial charge in [0.2, 0.25) is 5.91 Å². The Hall–Kier alpha value is -2.70. The Morgan fingerprint density at radius 2 is 2.17 bits per heavy atom. The van der Waals surface area contributed by atoms with Crippen LogP contribution in [0.5, 0.6) is 0 Å². The van der Waals surface area contributed by atoms with Crippen LogP contribution in [0, 0.1) is 5.92 Å². The van der Waals surface area contributed by atoms with Crippen molar-refractivity contribution in [1.29, 1.82) is 0 Å². The van der Waals surface area contributed by atoms with E-state index in [1.807, 2.05) is 48.0 Å². The van der Waals surface area contributed by atoms with Crippen LogP contribution in [0.2, 0.25) is 0 Å². The first-order chi connectivity index (χ1) is 11.2. The number of hydrogen-bond acceptors (Lipinski definition) is 4. The van der Waals surface area contributed by atoms with Gasteiger partial charge in [-0.15, -0.1) is 10.2 Å². The van der Waals surface area contributed by atoms with Crippen LogP contribution in [0.1, 0.15) is 19.2 Å². The van der Waals surface area contributed by atoms with Gasteiger partial charge < -0.3 is 5.32 Å². The second-order valence-corrected chi connectivity index (χ2v) is 5.57. The van der Waals surface area contributed by atoms with E-state index in [-0.39, 0.29) is 11.8 Å². The molecule has 0 saturated carbocycles. The molecule has 0 radical (unpaired) electrons. The van der Waals surface area contributed by atoms with Crippen LogP contribution in [-0.2, 0) is 17.8 Å². The number of nitrogens with zero attached hydrogens (tertiary/aromatic N) is 5. The van der Waals surface area contributed by atoms with Gasteiger partial charge in [-0.05, 0) is 24.6 Å². The zero-order chi connectivity index (χ0) is 16.1. The number of rotatable bonds is 7. The molecule has 0 saturated heterocycles. The molecule has 0 aliphatic rings. The highest BCUT2D eigenvalue weighted by molar-refractivity contribution is 5.78. The Bertz CT molecular complexity index is 764. The third-order valence-electron chi connectivity index (χ3n) is 3.73. The predicted octanol–water partition coefficient (Wildman–Crippen LogP) is 1.31. The summed E-state index contributed by atoms with van der Waals surface area (Å²) in [5.74, 6) is 0.856. The highest BCUT2D eigenvalue weighted by atomic mass is 16.1. The SMILES string of the molecule is C[C@@H](Cn1cccn1)C(=O)NCCCc1nnc2ccccn12. The number of nitrogens with one attached hydrogen (secondary N) is 1. The first-order valence-electron chi connectivity index (χ1n) is 7.78. The average Bonchev–Trinajstić information content (AvgIpc) is 3.21. The standard InChI is InChI=1S/C16H20N6O/c1-13(12-21-10-5-9-18-21)16(23)17-8-4-7-15-20-19-14-6-2-3-11-22(14)15/h2-3,5-6,9-11,13H,4,7-8,12H2,1H3,(H,17,23)/t13-/m0/s1. The topological polar surface area (TPSA) is 77.1 Å². The molecular weight excluding hydrogens is 292 g/mol. The fourth-order valence-corrected chi connectivity index (χ4v) is 2.47. The highest BCUT2D eigenvalue weighted by Gasteiger charge is 2.13. The van der Waals surface area contributed by atoms with Gasteiger partial charge in [0.15, 0.2) is 5.65 Å². The Labute approximate surface area is 134 Å². The molecule has 1 amide bonds. The van der Waals surface area contributed by atoms with E-state index in [9.17, 15) is 4.79 Å². The summed E-state index contributed by atoms with van der Waals surface area (Å²) in [6.07, 6.45) is 7.14. The Morgan fingerprint density at radius 1 is 1.26 bits per heavy atom. The molecule has 3 aromatic heterocycles. The maximum atomic E-state index is 12.1. The van der Waals surface area contributed by atoms with E-state index >= 15 is 0 Å². The number of fused-ring (bicyclic) bond motifs is 1. The summed E-state index contributed by atoms with van der Waals surface area (Å²) in [6.45, 7) is 3.13. The van der Waals surface area contributed by atoms with Crippen molar-refractivity contribution in [3.8, 4) is 0 Å². The zero-order valence-corrected chi connectivity index (χ0v) is 13.1. The Balaban J connectivity index is 1.43. The van der Waals surface area contributed by atoms with E-state index in [0.29, 0.717) is 13.1 Å². The van der Waals surface area contributed by atoms with Gasteiger partial charge in [0.1, 0.15) is 5.82 Å². The number of pyridine rings is 1. The van der Waals surface area contributed by atoms with Crippen molar-refractivity contribution < 1.29 is 4.79 Å². The van der Waals surface area contributed by atoms with Gasteiger partial charge in [0.05, 0.1) is 12.5 Å². The van der Waals surface area contributed by atoms with Crippen LogP contribution < -0.4 is 5.32 Å². The van der Waals surface area contributed by atoms with Crippen LogP contribution in [0.25, 0.3) is 5.65 Å². The first kappa shape index (κ1) is 15.2. The smallest absolute Gasteiger partial charge is 0.224 e. The third-order valence-corrected chi connectivity index (χ3v) is 3.73. The number of carbonyl (C=O) groups is 1. The molecule has 7 heteroatoms. The molecule has 3 aromatic rings. The maximum absolute atomic E-state index is 12.1. The van der Waals surface area contributed by atoms with Crippen molar-refractivity contribution in [2.45, 2.75) is 26.3 Å². The third kappa shape index (κ3) is 3.74. The monoisotopic (exact) mass is 312 g/mol. The lowest BCUT2D eigenvalue weighted by Crippen LogP contribution is -2.32. The van der Waals surface area contributed by atoms with Crippen LogP contribution in [0.3, 0.4) is 0 Å². The van der Waals surface area contributed by atoms with Gasteiger partial charge in [-0.1, -0.05) is 13.0 Å². The van der Waals surface area contributed by atoms with E-state index in [1.54, 1.807) is 10.9 Å². The average molecular weight is 312 g/mol. The largest absolute Gasteiger partial charge is 0.356 e. The Kier molecular flexibility index (Phi) is 4.65. The molecule has 0 spiro atoms. The lowest BCUT2D eigenvalue weighted by atomic mass is 10.1. The Morgan fingerprint density at radius 3 is 3.00 bits per heavy atom. The minimum atomic E-state index is -0.108. The van der Waals surface area contributed by atoms with Crippen LogP contribution in [0.4, 0.5) is 0 Å². The van der Waals surface area contributed by atoms with Crippen molar-refractivity contribution in [3.63, 3.8) is 0 Å². The van der Waals surface area contributed by atoms with Crippen molar-refractivity contribution in [3.05, 3.63) is 48.7 Å². The molecule has 3 rings (SSSR count). The molecule has 1 atom stereocenters. The van der Waals surface area contributed by atoms with Gasteiger partial charge in [0, 0.05) is 31.6 Å². The lowest BCUT2D eigenvalue weighted by molar-refractivity contribution is -0.124. The number of aromatic nitrogens is 5. The quantitative estimate of drug-likeness (QED) is 0.667. The van der Waals surface area contributed by atoms with E-state index in [1.165, 1.54) is 0 Å². The van der Waals surface area contributed by atoms with Gasteiger partial charge in [-0.25, -0.2) is 0 Å². The van der Waals surface area contributed by atoms with Crippen molar-refractivity contribution in [1.82, 2.24) is 29.7 Å². The predicted molar refractivity (Wildman–Crippen MR) is 85.7 cm³/mol. The summed E-state index contributed by atoms with van der Waals surface area (Å²) in [6, 6.07) is 7.68. The number of hydrogen-bond donors (Lipinski definition) is 1. The van der Waals surface area contributed by atoms with E-state index < -0.39 is 0 Å². The summed E-state index contributed by atoms with van der Waals surface area (Å²) in [4.78, 5) is 12.1. The molecule has 120 valence electrons. The van der Waals surface area contributed by atoms with Gasteiger partial charge >= 0.3 is 0 Å². The van der Waals surface area contributed by atoms with E-state index in [0.717, 1.165) is 24.3 Å². The summed E-state index contributed by atoms with van der Waals surface area (Å²) in [5, 5.41) is 15.4. The molecule has 7 nitrogen and oxygen atoms in total. The van der Waals surface area contributed by atoms with E-state index in [4.69, 9.17) is 0 Å². The summed E-state index contributed by atoms with van der Waals surface area (Å²) >= 11 is 0. The molecule has 23 heavy (non-hydrogen) atoms. The number of amides is 1. The van der Waals surface area contributed by atoms with Crippen molar-refractivity contribution >= 4 is 11.6 Å². The van der Waals surface area contributed by atoms with E-state index in [2.05, 4.69) is 20.6 Å². The fraction of sp³-hybridized carbons (Fsp3) is 0.375. The van der Waals surface area contributed by atoms with Crippen LogP contribution in [-0.4, -0.2) is 36.8 Å². The van der Waals surface area contributed by atoms with Crippen molar-refractivity contribution in [2.75, 3.05) is 6.54 Å². The minimum absolute atomic E-state index is 0.0478. The van der Waals surface area contributed by atoms with Gasteiger partial charge in [-0.3, -0.25) is 13.9 Å². The second kappa shape index (κ2) is 7.04. The van der Waals surface area contributed by atoms with Crippen LogP contribution in [0.15, 0.2) is 42.9 Å². The summed E-state index contributed by atoms with van der Waals surface area (Å²) in [5.41, 5.74) is 0.847. The molecule has 0 aromatic carbocycles. The molecule has 0 bridgehead atoms. The first-order valence-corrected chi connectivity index (χ1v) is 7.78. The fourth-order valence-electron chi connectivity index (χ4n) is 2.47. The minimum Gasteiger partial charge on any atom is -0.356 e. The molecule has 3 heterocycles. The molecular formula is C16H20N6O. The second-order valence-electron chi connectivity index (χ2n) is 5.57. The molecule has 0 fully saturated rings. The van der Waals surface area contributed by atoms with Crippen molar-refractivity contribution in [2.24, 2.45) is 5.92 Å². The normalized spacial score (nSPS) is 12.4. The lowest BCUT2D eigenvalue weighted by Gasteiger charge is -2.12. The van der Waals surface area contributed by atoms with Gasteiger partial charge in [0.25, 0.3) is 0 Å². The summed E-state index contributed by atoms with van der Waals surface area (Å²) < 4.78 is 3.74. The van der Waals surface area contributed by atoms with Crippen LogP contribution >= 0.6 is 0 Å². The molecule has 1 N–H and O–H groups in total. The number of aryl methyl sites for hydroxylation is 1. The summed E-state index contributed by atoms with van der Waals surface area (Å²) in [7, 11) is 0. The molecule has 0 aliphatic carbocycles. The number of carbonyl (C=O) groups excluding carboxylic acids is 1. The molecule has 0 unspecified atom stereocenters. The van der Waals surface area contributed by atoms with Gasteiger partial charge in [-0.2, -0.15) is 5.10 Å². The highest BCUT2D eigenvalue weighted by Crippen LogP contribution is 2.05. The zero-order valence-electron chi connectivity index (χ0n) is 13.1. The molecule has 0 aliphatic heterocycles. The maximum Gasteiger partial charge on any atom is 0.224 e.